The molecule has 0 aliphatic carbocycles. The van der Waals surface area contributed by atoms with Gasteiger partial charge in [-0.05, 0) is 42.9 Å². The molecule has 1 aromatic rings. The van der Waals surface area contributed by atoms with Crippen LogP contribution in [-0.2, 0) is 6.42 Å². The van der Waals surface area contributed by atoms with Crippen LogP contribution < -0.4 is 5.32 Å². The van der Waals surface area contributed by atoms with Crippen molar-refractivity contribution in [1.29, 1.82) is 0 Å². The summed E-state index contributed by atoms with van der Waals surface area (Å²) in [4.78, 5) is 0. The fourth-order valence-electron chi connectivity index (χ4n) is 2.65. The van der Waals surface area contributed by atoms with Gasteiger partial charge in [-0.25, -0.2) is 4.39 Å². The Morgan fingerprint density at radius 1 is 1.16 bits per heavy atom. The first-order valence-corrected chi connectivity index (χ1v) is 7.61. The summed E-state index contributed by atoms with van der Waals surface area (Å²) < 4.78 is 13.9. The Morgan fingerprint density at radius 2 is 1.89 bits per heavy atom. The monoisotopic (exact) mass is 265 g/mol. The molecular formula is C17H28FN. The van der Waals surface area contributed by atoms with E-state index in [1.54, 1.807) is 12.1 Å². The Hall–Kier alpha value is -0.890. The minimum atomic E-state index is -0.0617. The van der Waals surface area contributed by atoms with E-state index in [2.05, 4.69) is 26.1 Å². The number of hydrogen-bond donors (Lipinski definition) is 1. The van der Waals surface area contributed by atoms with E-state index in [4.69, 9.17) is 0 Å². The fraction of sp³-hybridized carbons (Fsp3) is 0.647. The third-order valence-corrected chi connectivity index (χ3v) is 4.08. The zero-order valence-electron chi connectivity index (χ0n) is 12.6. The minimum absolute atomic E-state index is 0.0617. The predicted molar refractivity (Wildman–Crippen MR) is 80.9 cm³/mol. The van der Waals surface area contributed by atoms with Gasteiger partial charge in [0.05, 0.1) is 0 Å². The molecule has 0 fully saturated rings. The first kappa shape index (κ1) is 16.2. The standard InChI is InChI=1S/C17H28FN/c1-4-7-12-17(5-2,14-19-6-3)13-15-10-8-9-11-16(15)18/h8-11,19H,4-7,12-14H2,1-3H3. The summed E-state index contributed by atoms with van der Waals surface area (Å²) >= 11 is 0. The van der Waals surface area contributed by atoms with Crippen LogP contribution in [0.3, 0.4) is 0 Å². The molecule has 0 aliphatic rings. The first-order valence-electron chi connectivity index (χ1n) is 7.61. The minimum Gasteiger partial charge on any atom is -0.316 e. The number of hydrogen-bond acceptors (Lipinski definition) is 1. The average molecular weight is 265 g/mol. The molecule has 19 heavy (non-hydrogen) atoms. The fourth-order valence-corrected chi connectivity index (χ4v) is 2.65. The lowest BCUT2D eigenvalue weighted by Gasteiger charge is -2.33. The molecule has 0 heterocycles. The van der Waals surface area contributed by atoms with Crippen molar-refractivity contribution in [3.63, 3.8) is 0 Å². The van der Waals surface area contributed by atoms with Crippen molar-refractivity contribution in [3.05, 3.63) is 35.6 Å². The van der Waals surface area contributed by atoms with Gasteiger partial charge in [0, 0.05) is 6.54 Å². The zero-order valence-corrected chi connectivity index (χ0v) is 12.6. The molecule has 0 aliphatic heterocycles. The molecule has 1 aromatic carbocycles. The third-order valence-electron chi connectivity index (χ3n) is 4.08. The highest BCUT2D eigenvalue weighted by Gasteiger charge is 2.28. The van der Waals surface area contributed by atoms with Gasteiger partial charge >= 0.3 is 0 Å². The molecule has 0 amide bonds. The summed E-state index contributed by atoms with van der Waals surface area (Å²) in [5, 5.41) is 3.47. The van der Waals surface area contributed by atoms with Crippen LogP contribution in [0, 0.1) is 11.2 Å². The lowest BCUT2D eigenvalue weighted by atomic mass is 9.75. The molecule has 2 heteroatoms. The van der Waals surface area contributed by atoms with Gasteiger partial charge in [0.25, 0.3) is 0 Å². The highest BCUT2D eigenvalue weighted by Crippen LogP contribution is 2.33. The second-order valence-corrected chi connectivity index (χ2v) is 5.51. The average Bonchev–Trinajstić information content (AvgIpc) is 2.44. The molecule has 108 valence electrons. The van der Waals surface area contributed by atoms with Crippen LogP contribution in [0.25, 0.3) is 0 Å². The van der Waals surface area contributed by atoms with E-state index in [-0.39, 0.29) is 11.2 Å². The second-order valence-electron chi connectivity index (χ2n) is 5.51. The number of unbranched alkanes of at least 4 members (excludes halogenated alkanes) is 1. The maximum atomic E-state index is 13.9. The van der Waals surface area contributed by atoms with Gasteiger partial charge in [0.15, 0.2) is 0 Å². The highest BCUT2D eigenvalue weighted by molar-refractivity contribution is 5.19. The van der Waals surface area contributed by atoms with Gasteiger partial charge in [0.1, 0.15) is 5.82 Å². The van der Waals surface area contributed by atoms with E-state index in [1.807, 2.05) is 12.1 Å². The zero-order chi connectivity index (χ0) is 14.1. The molecule has 1 rings (SSSR count). The van der Waals surface area contributed by atoms with Crippen LogP contribution >= 0.6 is 0 Å². The van der Waals surface area contributed by atoms with E-state index < -0.39 is 0 Å². The highest BCUT2D eigenvalue weighted by atomic mass is 19.1. The maximum Gasteiger partial charge on any atom is 0.126 e. The molecule has 0 bridgehead atoms. The molecule has 0 saturated heterocycles. The van der Waals surface area contributed by atoms with E-state index >= 15 is 0 Å². The van der Waals surface area contributed by atoms with Gasteiger partial charge < -0.3 is 5.32 Å². The van der Waals surface area contributed by atoms with Crippen LogP contribution in [0.2, 0.25) is 0 Å². The first-order chi connectivity index (χ1) is 9.17. The summed E-state index contributed by atoms with van der Waals surface area (Å²) in [5.41, 5.74) is 1.05. The maximum absolute atomic E-state index is 13.9. The number of rotatable bonds is 9. The van der Waals surface area contributed by atoms with E-state index in [0.29, 0.717) is 0 Å². The summed E-state index contributed by atoms with van der Waals surface area (Å²) in [6.07, 6.45) is 5.51. The second kappa shape index (κ2) is 8.31. The van der Waals surface area contributed by atoms with Gasteiger partial charge in [-0.15, -0.1) is 0 Å². The molecule has 0 saturated carbocycles. The van der Waals surface area contributed by atoms with Crippen molar-refractivity contribution >= 4 is 0 Å². The molecule has 0 aromatic heterocycles. The van der Waals surface area contributed by atoms with Crippen LogP contribution in [0.1, 0.15) is 52.0 Å². The van der Waals surface area contributed by atoms with Gasteiger partial charge in [0.2, 0.25) is 0 Å². The Morgan fingerprint density at radius 3 is 2.47 bits per heavy atom. The van der Waals surface area contributed by atoms with Crippen molar-refractivity contribution in [2.75, 3.05) is 13.1 Å². The van der Waals surface area contributed by atoms with Gasteiger partial charge in [-0.2, -0.15) is 0 Å². The smallest absolute Gasteiger partial charge is 0.126 e. The lowest BCUT2D eigenvalue weighted by Crippen LogP contribution is -2.36. The van der Waals surface area contributed by atoms with Crippen molar-refractivity contribution in [3.8, 4) is 0 Å². The topological polar surface area (TPSA) is 12.0 Å². The lowest BCUT2D eigenvalue weighted by molar-refractivity contribution is 0.228. The normalized spacial score (nSPS) is 14.3. The predicted octanol–water partition coefficient (Wildman–Crippen LogP) is 4.56. The quantitative estimate of drug-likeness (QED) is 0.690. The van der Waals surface area contributed by atoms with Crippen molar-refractivity contribution < 1.29 is 4.39 Å². The molecule has 0 spiro atoms. The van der Waals surface area contributed by atoms with Crippen LogP contribution in [-0.4, -0.2) is 13.1 Å². The van der Waals surface area contributed by atoms with Crippen molar-refractivity contribution in [2.45, 2.75) is 52.9 Å². The summed E-state index contributed by atoms with van der Waals surface area (Å²) in [6.45, 7) is 8.54. The number of halogens is 1. The summed E-state index contributed by atoms with van der Waals surface area (Å²) in [7, 11) is 0. The molecule has 1 unspecified atom stereocenters. The Labute approximate surface area is 117 Å². The molecule has 1 atom stereocenters. The number of benzene rings is 1. The van der Waals surface area contributed by atoms with Gasteiger partial charge in [-0.1, -0.05) is 51.8 Å². The summed E-state index contributed by atoms with van der Waals surface area (Å²) in [5.74, 6) is -0.0617. The van der Waals surface area contributed by atoms with Crippen LogP contribution in [0.5, 0.6) is 0 Å². The van der Waals surface area contributed by atoms with Gasteiger partial charge in [-0.3, -0.25) is 0 Å². The van der Waals surface area contributed by atoms with Crippen molar-refractivity contribution in [1.82, 2.24) is 5.32 Å². The van der Waals surface area contributed by atoms with Crippen LogP contribution in [0.15, 0.2) is 24.3 Å². The molecule has 0 radical (unpaired) electrons. The number of nitrogens with one attached hydrogen (secondary N) is 1. The van der Waals surface area contributed by atoms with Crippen LogP contribution in [0.4, 0.5) is 4.39 Å². The van der Waals surface area contributed by atoms with E-state index in [0.717, 1.165) is 31.5 Å². The van der Waals surface area contributed by atoms with E-state index in [9.17, 15) is 4.39 Å². The molecular weight excluding hydrogens is 237 g/mol. The largest absolute Gasteiger partial charge is 0.316 e. The third kappa shape index (κ3) is 4.94. The Kier molecular flexibility index (Phi) is 7.07. The summed E-state index contributed by atoms with van der Waals surface area (Å²) in [6, 6.07) is 7.20. The molecule has 1 N–H and O–H groups in total. The van der Waals surface area contributed by atoms with Crippen molar-refractivity contribution in [2.24, 2.45) is 5.41 Å². The Balaban J connectivity index is 2.85. The molecule has 1 nitrogen and oxygen atoms in total. The SMILES string of the molecule is CCCCC(CC)(CNCC)Cc1ccccc1F. The van der Waals surface area contributed by atoms with E-state index in [1.165, 1.54) is 19.3 Å². The Bertz CT molecular complexity index is 354.